The Labute approximate surface area is 150 Å². The minimum Gasteiger partial charge on any atom is -0.342 e. The first kappa shape index (κ1) is 20.3. The second-order valence-corrected chi connectivity index (χ2v) is 6.60. The van der Waals surface area contributed by atoms with E-state index >= 15 is 0 Å². The number of nitrogens with two attached hydrogens (primary N) is 1. The Balaban J connectivity index is 0.00000132. The third-order valence-corrected chi connectivity index (χ3v) is 5.15. The summed E-state index contributed by atoms with van der Waals surface area (Å²) in [7, 11) is 2.00. The van der Waals surface area contributed by atoms with Crippen LogP contribution in [0.5, 0.6) is 0 Å². The van der Waals surface area contributed by atoms with E-state index in [2.05, 4.69) is 16.1 Å². The summed E-state index contributed by atoms with van der Waals surface area (Å²) >= 11 is 0. The molecule has 3 rings (SSSR count). The summed E-state index contributed by atoms with van der Waals surface area (Å²) in [5, 5.41) is 4.25. The number of halogens is 2. The van der Waals surface area contributed by atoms with Crippen LogP contribution in [0.2, 0.25) is 0 Å². The molecule has 7 heteroatoms. The van der Waals surface area contributed by atoms with Gasteiger partial charge >= 0.3 is 0 Å². The maximum absolute atomic E-state index is 12.6. The van der Waals surface area contributed by atoms with E-state index in [1.54, 1.807) is 0 Å². The Kier molecular flexibility index (Phi) is 7.84. The van der Waals surface area contributed by atoms with Gasteiger partial charge in [0.1, 0.15) is 0 Å². The van der Waals surface area contributed by atoms with Gasteiger partial charge in [0.15, 0.2) is 0 Å². The highest BCUT2D eigenvalue weighted by Gasteiger charge is 2.31. The standard InChI is InChI=1S/C16H26N4O.2ClH/c1-19-15(5-8-18-19)12-6-9-20(10-7-12)16(21)13-3-2-4-14(17)11-13;;/h5,8,12-14H,2-4,6-7,9-11,17H2,1H3;2*1H. The summed E-state index contributed by atoms with van der Waals surface area (Å²) in [5.41, 5.74) is 7.31. The van der Waals surface area contributed by atoms with Crippen LogP contribution < -0.4 is 5.73 Å². The Morgan fingerprint density at radius 2 is 1.91 bits per heavy atom. The van der Waals surface area contributed by atoms with Gasteiger partial charge in [-0.3, -0.25) is 9.48 Å². The van der Waals surface area contributed by atoms with Crippen LogP contribution in [0, 0.1) is 5.92 Å². The fraction of sp³-hybridized carbons (Fsp3) is 0.750. The van der Waals surface area contributed by atoms with E-state index in [1.807, 2.05) is 17.9 Å². The highest BCUT2D eigenvalue weighted by Crippen LogP contribution is 2.30. The van der Waals surface area contributed by atoms with Crippen molar-refractivity contribution >= 4 is 30.7 Å². The van der Waals surface area contributed by atoms with Crippen LogP contribution in [0.15, 0.2) is 12.3 Å². The number of aromatic nitrogens is 2. The predicted octanol–water partition coefficient (Wildman–Crippen LogP) is 2.49. The highest BCUT2D eigenvalue weighted by molar-refractivity contribution is 5.85. The molecule has 0 aromatic carbocycles. The van der Waals surface area contributed by atoms with Crippen LogP contribution in [0.4, 0.5) is 0 Å². The second kappa shape index (κ2) is 8.90. The molecule has 2 N–H and O–H groups in total. The molecule has 0 bridgehead atoms. The van der Waals surface area contributed by atoms with Gasteiger partial charge in [-0.1, -0.05) is 6.42 Å². The Bertz CT molecular complexity index is 500. The van der Waals surface area contributed by atoms with E-state index < -0.39 is 0 Å². The van der Waals surface area contributed by atoms with Gasteiger partial charge in [-0.15, -0.1) is 24.8 Å². The summed E-state index contributed by atoms with van der Waals surface area (Å²) in [4.78, 5) is 14.7. The normalized spacial score (nSPS) is 25.4. The first-order valence-electron chi connectivity index (χ1n) is 8.17. The summed E-state index contributed by atoms with van der Waals surface area (Å²) in [6, 6.07) is 2.32. The lowest BCUT2D eigenvalue weighted by Crippen LogP contribution is -2.44. The quantitative estimate of drug-likeness (QED) is 0.878. The Morgan fingerprint density at radius 1 is 1.22 bits per heavy atom. The minimum absolute atomic E-state index is 0. The zero-order valence-corrected chi connectivity index (χ0v) is 15.3. The van der Waals surface area contributed by atoms with Gasteiger partial charge in [0.2, 0.25) is 5.91 Å². The molecule has 2 heterocycles. The number of hydrogen-bond acceptors (Lipinski definition) is 3. The molecule has 1 aliphatic carbocycles. The van der Waals surface area contributed by atoms with Crippen molar-refractivity contribution in [2.45, 2.75) is 50.5 Å². The topological polar surface area (TPSA) is 64.2 Å². The fourth-order valence-electron chi connectivity index (χ4n) is 3.89. The maximum Gasteiger partial charge on any atom is 0.225 e. The van der Waals surface area contributed by atoms with Gasteiger partial charge in [-0.2, -0.15) is 5.10 Å². The largest absolute Gasteiger partial charge is 0.342 e. The molecule has 1 saturated heterocycles. The van der Waals surface area contributed by atoms with Crippen molar-refractivity contribution < 1.29 is 4.79 Å². The molecule has 1 aliphatic heterocycles. The molecular formula is C16H28Cl2N4O. The summed E-state index contributed by atoms with van der Waals surface area (Å²) in [5.74, 6) is 1.05. The first-order valence-corrected chi connectivity index (χ1v) is 8.17. The van der Waals surface area contributed by atoms with Gasteiger partial charge in [0.25, 0.3) is 0 Å². The maximum atomic E-state index is 12.6. The summed E-state index contributed by atoms with van der Waals surface area (Å²) in [6.45, 7) is 1.75. The van der Waals surface area contributed by atoms with E-state index in [4.69, 9.17) is 5.73 Å². The molecule has 1 aromatic heterocycles. The van der Waals surface area contributed by atoms with Gasteiger partial charge in [0.05, 0.1) is 0 Å². The first-order chi connectivity index (χ1) is 10.1. The molecule has 1 amide bonds. The molecule has 132 valence electrons. The van der Waals surface area contributed by atoms with Gasteiger partial charge < -0.3 is 10.6 Å². The lowest BCUT2D eigenvalue weighted by molar-refractivity contribution is -0.137. The molecule has 2 aliphatic rings. The van der Waals surface area contributed by atoms with E-state index in [9.17, 15) is 4.79 Å². The molecule has 2 unspecified atom stereocenters. The van der Waals surface area contributed by atoms with Crippen molar-refractivity contribution in [1.82, 2.24) is 14.7 Å². The number of likely N-dealkylation sites (tertiary alicyclic amines) is 1. The number of carbonyl (C=O) groups is 1. The molecule has 0 radical (unpaired) electrons. The molecule has 5 nitrogen and oxygen atoms in total. The predicted molar refractivity (Wildman–Crippen MR) is 96.2 cm³/mol. The zero-order valence-electron chi connectivity index (χ0n) is 13.7. The molecule has 2 atom stereocenters. The molecule has 2 fully saturated rings. The average Bonchev–Trinajstić information content (AvgIpc) is 2.93. The average molecular weight is 363 g/mol. The zero-order chi connectivity index (χ0) is 14.8. The van der Waals surface area contributed by atoms with Crippen molar-refractivity contribution in [2.24, 2.45) is 18.7 Å². The monoisotopic (exact) mass is 362 g/mol. The number of aryl methyl sites for hydroxylation is 1. The number of amides is 1. The minimum atomic E-state index is 0. The van der Waals surface area contributed by atoms with E-state index in [-0.39, 0.29) is 36.8 Å². The molecule has 23 heavy (non-hydrogen) atoms. The number of nitrogens with zero attached hydrogens (tertiary/aromatic N) is 3. The van der Waals surface area contributed by atoms with Crippen molar-refractivity contribution in [2.75, 3.05) is 13.1 Å². The number of piperidine rings is 1. The lowest BCUT2D eigenvalue weighted by atomic mass is 9.84. The van der Waals surface area contributed by atoms with Crippen LogP contribution in [0.25, 0.3) is 0 Å². The number of carbonyl (C=O) groups excluding carboxylic acids is 1. The van der Waals surface area contributed by atoms with Crippen LogP contribution in [0.3, 0.4) is 0 Å². The van der Waals surface area contributed by atoms with Crippen LogP contribution in [-0.4, -0.2) is 39.7 Å². The van der Waals surface area contributed by atoms with E-state index in [0.717, 1.165) is 51.6 Å². The van der Waals surface area contributed by atoms with Crippen LogP contribution >= 0.6 is 24.8 Å². The third kappa shape index (κ3) is 4.61. The second-order valence-electron chi connectivity index (χ2n) is 6.60. The molecular weight excluding hydrogens is 335 g/mol. The number of rotatable bonds is 2. The lowest BCUT2D eigenvalue weighted by Gasteiger charge is -2.36. The smallest absolute Gasteiger partial charge is 0.225 e. The highest BCUT2D eigenvalue weighted by atomic mass is 35.5. The molecule has 1 aromatic rings. The van der Waals surface area contributed by atoms with Crippen molar-refractivity contribution in [3.63, 3.8) is 0 Å². The van der Waals surface area contributed by atoms with Crippen molar-refractivity contribution in [3.05, 3.63) is 18.0 Å². The van der Waals surface area contributed by atoms with Crippen molar-refractivity contribution in [1.29, 1.82) is 0 Å². The van der Waals surface area contributed by atoms with E-state index in [1.165, 1.54) is 5.69 Å². The summed E-state index contributed by atoms with van der Waals surface area (Å²) in [6.07, 6.45) is 8.02. The Hall–Kier alpha value is -0.780. The van der Waals surface area contributed by atoms with Gasteiger partial charge in [-0.25, -0.2) is 0 Å². The van der Waals surface area contributed by atoms with E-state index in [0.29, 0.717) is 11.8 Å². The SMILES string of the molecule is Cl.Cl.Cn1nccc1C1CCN(C(=O)C2CCCC(N)C2)CC1. The number of hydrogen-bond donors (Lipinski definition) is 1. The van der Waals surface area contributed by atoms with Gasteiger partial charge in [-0.05, 0) is 38.2 Å². The summed E-state index contributed by atoms with van der Waals surface area (Å²) < 4.78 is 1.96. The fourth-order valence-corrected chi connectivity index (χ4v) is 3.89. The molecule has 1 saturated carbocycles. The van der Waals surface area contributed by atoms with Crippen LogP contribution in [-0.2, 0) is 11.8 Å². The third-order valence-electron chi connectivity index (χ3n) is 5.15. The molecule has 0 spiro atoms. The van der Waals surface area contributed by atoms with Crippen LogP contribution in [0.1, 0.15) is 50.1 Å². The van der Waals surface area contributed by atoms with Crippen molar-refractivity contribution in [3.8, 4) is 0 Å². The van der Waals surface area contributed by atoms with Gasteiger partial charge in [0, 0.05) is 49.9 Å². The Morgan fingerprint density at radius 3 is 2.48 bits per heavy atom.